The number of hydrogen-bond donors (Lipinski definition) is 2. The molecule has 0 aliphatic carbocycles. The van der Waals surface area contributed by atoms with E-state index in [1.807, 2.05) is 42.5 Å². The number of rotatable bonds is 18. The van der Waals surface area contributed by atoms with Crippen molar-refractivity contribution in [3.8, 4) is 17.2 Å². The van der Waals surface area contributed by atoms with E-state index in [0.717, 1.165) is 29.2 Å². The summed E-state index contributed by atoms with van der Waals surface area (Å²) in [6.07, 6.45) is 6.16. The molecule has 0 heterocycles. The van der Waals surface area contributed by atoms with E-state index in [-0.39, 0.29) is 30.3 Å². The lowest BCUT2D eigenvalue weighted by Gasteiger charge is -2.17. The Kier molecular flexibility index (Phi) is 13.7. The largest absolute Gasteiger partial charge is 0.494 e. The maximum absolute atomic E-state index is 13.2. The van der Waals surface area contributed by atoms with Crippen molar-refractivity contribution in [1.82, 2.24) is 5.32 Å². The number of anilines is 1. The number of ketones is 1. The van der Waals surface area contributed by atoms with E-state index in [2.05, 4.69) is 17.6 Å². The fourth-order valence-electron chi connectivity index (χ4n) is 5.97. The monoisotopic (exact) mass is 714 g/mol. The minimum absolute atomic E-state index is 0.172. The van der Waals surface area contributed by atoms with E-state index >= 15 is 0 Å². The number of Topliss-reactive ketones (excluding diaryl/α,β-unsaturated/α-hetero) is 1. The van der Waals surface area contributed by atoms with Gasteiger partial charge in [-0.2, -0.15) is 0 Å². The highest BCUT2D eigenvalue weighted by atomic mass is 16.6. The zero-order valence-corrected chi connectivity index (χ0v) is 30.5. The molecule has 0 aromatic heterocycles. The van der Waals surface area contributed by atoms with Gasteiger partial charge in [0.25, 0.3) is 5.91 Å². The number of fused-ring (bicyclic) bond motifs is 1. The van der Waals surface area contributed by atoms with Gasteiger partial charge in [0.15, 0.2) is 17.3 Å². The Labute approximate surface area is 310 Å². The van der Waals surface area contributed by atoms with Crippen LogP contribution in [0.5, 0.6) is 17.2 Å². The van der Waals surface area contributed by atoms with Crippen molar-refractivity contribution >= 4 is 40.0 Å². The van der Waals surface area contributed by atoms with Gasteiger partial charge in [-0.05, 0) is 102 Å². The summed E-state index contributed by atoms with van der Waals surface area (Å²) in [6, 6.07) is 31.3. The lowest BCUT2D eigenvalue weighted by molar-refractivity contribution is -0.119. The highest BCUT2D eigenvalue weighted by Gasteiger charge is 2.21. The average molecular weight is 715 g/mol. The number of amides is 2. The first kappa shape index (κ1) is 38.3. The fourth-order valence-corrected chi connectivity index (χ4v) is 5.97. The van der Waals surface area contributed by atoms with Crippen LogP contribution in [0, 0.1) is 0 Å². The van der Waals surface area contributed by atoms with Gasteiger partial charge in [-0.25, -0.2) is 4.79 Å². The van der Waals surface area contributed by atoms with Gasteiger partial charge in [0.1, 0.15) is 5.75 Å². The SMILES string of the molecule is CCCCCCCOc1ccc(C(=O)Oc2ccc(CC(NC(=O)c3ccc(NC(=O)Cc4cccc5ccccc45)cc3)C(C)=O)cc2OC)cc1. The van der Waals surface area contributed by atoms with Gasteiger partial charge < -0.3 is 24.8 Å². The summed E-state index contributed by atoms with van der Waals surface area (Å²) in [7, 11) is 1.46. The molecule has 0 aliphatic rings. The van der Waals surface area contributed by atoms with Gasteiger partial charge in [-0.15, -0.1) is 0 Å². The topological polar surface area (TPSA) is 120 Å². The molecule has 0 fully saturated rings. The van der Waals surface area contributed by atoms with Crippen LogP contribution < -0.4 is 24.8 Å². The van der Waals surface area contributed by atoms with Crippen LogP contribution in [0.2, 0.25) is 0 Å². The number of nitrogens with one attached hydrogen (secondary N) is 2. The number of carbonyl (C=O) groups is 4. The Hall–Kier alpha value is -5.96. The maximum atomic E-state index is 13.2. The molecule has 5 rings (SSSR count). The van der Waals surface area contributed by atoms with Gasteiger partial charge in [0, 0.05) is 11.3 Å². The third kappa shape index (κ3) is 11.0. The molecular weight excluding hydrogens is 668 g/mol. The predicted octanol–water partition coefficient (Wildman–Crippen LogP) is 8.53. The second-order valence-electron chi connectivity index (χ2n) is 12.9. The van der Waals surface area contributed by atoms with Crippen LogP contribution in [0.4, 0.5) is 5.69 Å². The first-order valence-electron chi connectivity index (χ1n) is 18.0. The lowest BCUT2D eigenvalue weighted by Crippen LogP contribution is -2.41. The minimum atomic E-state index is -0.822. The van der Waals surface area contributed by atoms with E-state index in [1.165, 1.54) is 33.3 Å². The zero-order valence-electron chi connectivity index (χ0n) is 30.5. The molecule has 0 radical (unpaired) electrons. The van der Waals surface area contributed by atoms with E-state index in [9.17, 15) is 19.2 Å². The van der Waals surface area contributed by atoms with Crippen molar-refractivity contribution in [2.75, 3.05) is 19.0 Å². The van der Waals surface area contributed by atoms with Crippen LogP contribution in [-0.4, -0.2) is 43.3 Å². The van der Waals surface area contributed by atoms with Gasteiger partial charge in [0.05, 0.1) is 31.7 Å². The van der Waals surface area contributed by atoms with Gasteiger partial charge in [-0.1, -0.05) is 81.1 Å². The third-order valence-electron chi connectivity index (χ3n) is 8.93. The zero-order chi connectivity index (χ0) is 37.6. The Bertz CT molecular complexity index is 2020. The van der Waals surface area contributed by atoms with Crippen LogP contribution in [0.15, 0.2) is 109 Å². The van der Waals surface area contributed by atoms with E-state index in [0.29, 0.717) is 40.5 Å². The molecule has 0 aliphatic heterocycles. The van der Waals surface area contributed by atoms with E-state index in [1.54, 1.807) is 66.7 Å². The van der Waals surface area contributed by atoms with Crippen molar-refractivity contribution < 1.29 is 33.4 Å². The van der Waals surface area contributed by atoms with Crippen LogP contribution in [-0.2, 0) is 22.4 Å². The number of benzene rings is 5. The highest BCUT2D eigenvalue weighted by molar-refractivity contribution is 5.99. The lowest BCUT2D eigenvalue weighted by atomic mass is 10.0. The standard InChI is InChI=1S/C44H46N2O7/c1-4-5-6-7-10-26-52-37-23-19-34(20-24-37)44(50)53-40-25-16-31(28-41(40)51-3)27-39(30(2)47)46-43(49)33-17-21-36(22-18-33)45-42(48)29-35-14-11-13-32-12-8-9-15-38(32)35/h8-9,11-25,28,39H,4-7,10,26-27,29H2,1-3H3,(H,45,48)(H,46,49). The fraction of sp³-hybridized carbons (Fsp3) is 0.273. The highest BCUT2D eigenvalue weighted by Crippen LogP contribution is 2.30. The molecule has 9 heteroatoms. The maximum Gasteiger partial charge on any atom is 0.343 e. The molecule has 0 spiro atoms. The summed E-state index contributed by atoms with van der Waals surface area (Å²) in [4.78, 5) is 51.5. The van der Waals surface area contributed by atoms with Gasteiger partial charge in [-0.3, -0.25) is 14.4 Å². The first-order chi connectivity index (χ1) is 25.7. The quantitative estimate of drug-likeness (QED) is 0.0531. The molecule has 1 atom stereocenters. The summed E-state index contributed by atoms with van der Waals surface area (Å²) in [5.74, 6) is -0.151. The Morgan fingerprint density at radius 2 is 1.45 bits per heavy atom. The van der Waals surface area contributed by atoms with Crippen molar-refractivity contribution in [3.05, 3.63) is 131 Å². The molecule has 5 aromatic rings. The number of ether oxygens (including phenoxy) is 3. The normalized spacial score (nSPS) is 11.4. The summed E-state index contributed by atoms with van der Waals surface area (Å²) in [5.41, 5.74) is 2.88. The molecule has 0 saturated carbocycles. The molecular formula is C44H46N2O7. The number of unbranched alkanes of at least 4 members (excludes halogenated alkanes) is 4. The Morgan fingerprint density at radius 3 is 2.19 bits per heavy atom. The molecule has 0 saturated heterocycles. The second kappa shape index (κ2) is 19.0. The van der Waals surface area contributed by atoms with Gasteiger partial charge >= 0.3 is 5.97 Å². The molecule has 2 amide bonds. The van der Waals surface area contributed by atoms with Gasteiger partial charge in [0.2, 0.25) is 5.91 Å². The minimum Gasteiger partial charge on any atom is -0.494 e. The van der Waals surface area contributed by atoms with Crippen LogP contribution in [0.1, 0.15) is 77.8 Å². The summed E-state index contributed by atoms with van der Waals surface area (Å²) in [5, 5.41) is 7.80. The second-order valence-corrected chi connectivity index (χ2v) is 12.9. The molecule has 5 aromatic carbocycles. The summed E-state index contributed by atoms with van der Waals surface area (Å²) < 4.78 is 16.9. The number of methoxy groups -OCH3 is 1. The summed E-state index contributed by atoms with van der Waals surface area (Å²) >= 11 is 0. The number of hydrogen-bond acceptors (Lipinski definition) is 7. The molecule has 0 bridgehead atoms. The molecule has 274 valence electrons. The molecule has 2 N–H and O–H groups in total. The van der Waals surface area contributed by atoms with E-state index in [4.69, 9.17) is 14.2 Å². The Balaban J connectivity index is 1.13. The van der Waals surface area contributed by atoms with Crippen LogP contribution in [0.3, 0.4) is 0 Å². The Morgan fingerprint density at radius 1 is 0.736 bits per heavy atom. The smallest absolute Gasteiger partial charge is 0.343 e. The van der Waals surface area contributed by atoms with Crippen molar-refractivity contribution in [1.29, 1.82) is 0 Å². The predicted molar refractivity (Wildman–Crippen MR) is 207 cm³/mol. The molecule has 1 unspecified atom stereocenters. The summed E-state index contributed by atoms with van der Waals surface area (Å²) in [6.45, 7) is 4.23. The first-order valence-corrected chi connectivity index (χ1v) is 18.0. The van der Waals surface area contributed by atoms with Crippen LogP contribution >= 0.6 is 0 Å². The molecule has 53 heavy (non-hydrogen) atoms. The third-order valence-corrected chi connectivity index (χ3v) is 8.93. The van der Waals surface area contributed by atoms with E-state index < -0.39 is 17.9 Å². The average Bonchev–Trinajstić information content (AvgIpc) is 3.17. The van der Waals surface area contributed by atoms with Crippen molar-refractivity contribution in [2.24, 2.45) is 0 Å². The van der Waals surface area contributed by atoms with Crippen molar-refractivity contribution in [3.63, 3.8) is 0 Å². The molecule has 9 nitrogen and oxygen atoms in total. The van der Waals surface area contributed by atoms with Crippen LogP contribution in [0.25, 0.3) is 10.8 Å². The number of carbonyl (C=O) groups excluding carboxylic acids is 4. The number of esters is 1. The van der Waals surface area contributed by atoms with Crippen molar-refractivity contribution in [2.45, 2.75) is 64.8 Å².